The molecule has 0 radical (unpaired) electrons. The van der Waals surface area contributed by atoms with Gasteiger partial charge in [0, 0.05) is 30.9 Å². The molecule has 57 heavy (non-hydrogen) atoms. The monoisotopic (exact) mass is 900 g/mol. The van der Waals surface area contributed by atoms with Gasteiger partial charge in [0.05, 0.1) is 40.4 Å². The number of amides is 2. The molecule has 28 heteroatoms. The summed E-state index contributed by atoms with van der Waals surface area (Å²) in [4.78, 5) is 50.2. The number of nitrogens with zero attached hydrogens (tertiary/aromatic N) is 4. The first-order valence-electron chi connectivity index (χ1n) is 14.8. The van der Waals surface area contributed by atoms with E-state index in [-0.39, 0.29) is 24.9 Å². The number of esters is 2. The summed E-state index contributed by atoms with van der Waals surface area (Å²) >= 11 is 1.74. The van der Waals surface area contributed by atoms with E-state index in [0.29, 0.717) is 18.0 Å². The van der Waals surface area contributed by atoms with Crippen molar-refractivity contribution in [2.24, 2.45) is 5.73 Å². The summed E-state index contributed by atoms with van der Waals surface area (Å²) in [5.41, 5.74) is 2.20. The second kappa shape index (κ2) is 21.9. The first-order chi connectivity index (χ1) is 26.4. The molecule has 0 spiro atoms. The van der Waals surface area contributed by atoms with Crippen LogP contribution < -0.4 is 11.2 Å². The van der Waals surface area contributed by atoms with Crippen LogP contribution in [0.1, 0.15) is 78.7 Å². The van der Waals surface area contributed by atoms with E-state index in [0.717, 1.165) is 24.3 Å². The highest BCUT2D eigenvalue weighted by Crippen LogP contribution is 2.38. The van der Waals surface area contributed by atoms with Gasteiger partial charge < -0.3 is 24.3 Å². The number of nitrogens with two attached hydrogens (primary N) is 1. The molecule has 1 atom stereocenters. The van der Waals surface area contributed by atoms with Gasteiger partial charge in [0.1, 0.15) is 4.90 Å². The highest BCUT2D eigenvalue weighted by atomic mass is 35.7. The average molecular weight is 902 g/mol. The third kappa shape index (κ3) is 15.0. The van der Waals surface area contributed by atoms with Crippen molar-refractivity contribution in [2.75, 3.05) is 19.6 Å². The SMILES string of the molecule is CCOC(=O)c1cccc(C(F)(F)F)c1S(=O)(=O)Cl.CCOC(=O)c1cccc(C(F)(F)F)c1S(=O)ONC(=O)c1noc(C)n1.CCl.Cc1nc(C(N)=O)no1. The third-order valence-corrected chi connectivity index (χ3v) is 8.13. The largest absolute Gasteiger partial charge is 0.462 e. The lowest BCUT2D eigenvalue weighted by Gasteiger charge is -2.15. The van der Waals surface area contributed by atoms with E-state index < -0.39 is 94.1 Å². The van der Waals surface area contributed by atoms with Crippen LogP contribution in [0.2, 0.25) is 0 Å². The number of halogens is 8. The summed E-state index contributed by atoms with van der Waals surface area (Å²) in [7, 11) is 0.224. The topological polar surface area (TPSA) is 263 Å². The average Bonchev–Trinajstić information content (AvgIpc) is 3.78. The Morgan fingerprint density at radius 2 is 1.25 bits per heavy atom. The Bertz CT molecular complexity index is 2170. The first kappa shape index (κ1) is 49.8. The van der Waals surface area contributed by atoms with Crippen LogP contribution in [-0.2, 0) is 46.2 Å². The van der Waals surface area contributed by atoms with Crippen LogP contribution in [0.5, 0.6) is 0 Å². The van der Waals surface area contributed by atoms with Gasteiger partial charge in [-0.15, -0.1) is 11.6 Å². The molecule has 0 aliphatic heterocycles. The number of hydrogen-bond donors (Lipinski definition) is 2. The van der Waals surface area contributed by atoms with Gasteiger partial charge in [0.2, 0.25) is 22.9 Å². The highest BCUT2D eigenvalue weighted by molar-refractivity contribution is 8.13. The normalized spacial score (nSPS) is 11.6. The van der Waals surface area contributed by atoms with E-state index >= 15 is 0 Å². The smallest absolute Gasteiger partial charge is 0.417 e. The maximum absolute atomic E-state index is 13.2. The van der Waals surface area contributed by atoms with Crippen LogP contribution in [0.4, 0.5) is 26.3 Å². The molecule has 0 fully saturated rings. The number of hydrogen-bond acceptors (Lipinski definition) is 16. The Kier molecular flexibility index (Phi) is 19.2. The lowest BCUT2D eigenvalue weighted by Crippen LogP contribution is -2.27. The second-order valence-electron chi connectivity index (χ2n) is 9.63. The molecule has 0 aliphatic rings. The Hall–Kier alpha value is -5.18. The quantitative estimate of drug-likeness (QED) is 0.0689. The number of alkyl halides is 7. The molecule has 314 valence electrons. The number of hydroxylamine groups is 1. The Balaban J connectivity index is 0.000000467. The van der Waals surface area contributed by atoms with Gasteiger partial charge in [-0.1, -0.05) is 22.4 Å². The first-order valence-corrected chi connectivity index (χ1v) is 18.9. The van der Waals surface area contributed by atoms with E-state index in [1.165, 1.54) is 27.2 Å². The molecule has 2 aromatic carbocycles. The molecule has 0 saturated heterocycles. The lowest BCUT2D eigenvalue weighted by molar-refractivity contribution is -0.140. The lowest BCUT2D eigenvalue weighted by atomic mass is 10.1. The summed E-state index contributed by atoms with van der Waals surface area (Å²) in [5.74, 6) is -4.28. The molecule has 0 aliphatic carbocycles. The van der Waals surface area contributed by atoms with E-state index in [9.17, 15) is 58.1 Å². The van der Waals surface area contributed by atoms with Crippen molar-refractivity contribution in [3.8, 4) is 0 Å². The zero-order valence-corrected chi connectivity index (χ0v) is 32.6. The number of aryl methyl sites for hydroxylation is 2. The van der Waals surface area contributed by atoms with Crippen LogP contribution >= 0.6 is 22.3 Å². The van der Waals surface area contributed by atoms with Crippen molar-refractivity contribution in [1.82, 2.24) is 25.8 Å². The fourth-order valence-electron chi connectivity index (χ4n) is 3.66. The minimum Gasteiger partial charge on any atom is -0.462 e. The van der Waals surface area contributed by atoms with E-state index in [4.69, 9.17) is 16.4 Å². The number of rotatable bonds is 10. The molecule has 3 N–H and O–H groups in total. The standard InChI is InChI=1S/C14H12F3N3O6S.C10H8ClF3O4S.C4H5N3O2.CH3Cl/c1-3-24-13(22)8-5-4-6-9(14(15,16)17)10(8)27(23)26-20-12(21)11-18-7(2)25-19-11;1-2-18-9(15)6-4-3-5-7(10(12,13)14)8(6)19(11,16)17;1-2-6-4(3(5)8)7-9-2;1-2/h4-6H,3H2,1-2H3,(H,20,21);3-5H,2H2,1H3;1H3,(H2,5,8);1H3. The number of primary amides is 1. The molecule has 18 nitrogen and oxygen atoms in total. The molecular formula is C29H28Cl2F6N6O12S2. The molecule has 1 unspecified atom stereocenters. The summed E-state index contributed by atoms with van der Waals surface area (Å²) in [5, 5.41) is 6.52. The van der Waals surface area contributed by atoms with Gasteiger partial charge in [0.15, 0.2) is 0 Å². The number of nitrogens with one attached hydrogen (secondary N) is 1. The summed E-state index contributed by atoms with van der Waals surface area (Å²) in [6, 6.07) is 4.90. The van der Waals surface area contributed by atoms with E-state index in [1.54, 1.807) is 12.4 Å². The Labute approximate surface area is 329 Å². The van der Waals surface area contributed by atoms with Crippen molar-refractivity contribution in [1.29, 1.82) is 0 Å². The fourth-order valence-corrected chi connectivity index (χ4v) is 5.94. The zero-order valence-electron chi connectivity index (χ0n) is 29.5. The number of benzene rings is 2. The summed E-state index contributed by atoms with van der Waals surface area (Å²) in [6.07, 6.45) is -8.43. The summed E-state index contributed by atoms with van der Waals surface area (Å²) in [6.45, 7) is 5.63. The maximum Gasteiger partial charge on any atom is 0.417 e. The molecule has 2 amide bonds. The molecule has 4 rings (SSSR count). The summed E-state index contributed by atoms with van der Waals surface area (Å²) < 4.78 is 135. The van der Waals surface area contributed by atoms with Crippen molar-refractivity contribution in [3.63, 3.8) is 0 Å². The predicted octanol–water partition coefficient (Wildman–Crippen LogP) is 5.10. The fraction of sp³-hybridized carbons (Fsp3) is 0.310. The van der Waals surface area contributed by atoms with Crippen molar-refractivity contribution in [3.05, 3.63) is 82.1 Å². The van der Waals surface area contributed by atoms with Gasteiger partial charge in [-0.3, -0.25) is 9.59 Å². The van der Waals surface area contributed by atoms with Crippen LogP contribution in [0, 0.1) is 13.8 Å². The van der Waals surface area contributed by atoms with Gasteiger partial charge in [-0.05, 0) is 38.1 Å². The van der Waals surface area contributed by atoms with Crippen molar-refractivity contribution < 1.29 is 81.0 Å². The molecular weight excluding hydrogens is 873 g/mol. The minimum absolute atomic E-state index is 0.0493. The van der Waals surface area contributed by atoms with Crippen LogP contribution in [-0.4, -0.2) is 76.3 Å². The molecule has 2 aromatic heterocycles. The van der Waals surface area contributed by atoms with E-state index in [1.807, 2.05) is 0 Å². The van der Waals surface area contributed by atoms with Gasteiger partial charge in [-0.2, -0.15) is 40.6 Å². The Morgan fingerprint density at radius 3 is 1.63 bits per heavy atom. The minimum atomic E-state index is -4.96. The highest BCUT2D eigenvalue weighted by Gasteiger charge is 2.40. The molecule has 4 aromatic rings. The van der Waals surface area contributed by atoms with Crippen LogP contribution in [0.3, 0.4) is 0 Å². The number of carbonyl (C=O) groups excluding carboxylic acids is 4. The Morgan fingerprint density at radius 1 is 0.807 bits per heavy atom. The third-order valence-electron chi connectivity index (χ3n) is 5.73. The zero-order chi connectivity index (χ0) is 43.9. The molecule has 2 heterocycles. The molecule has 0 saturated carbocycles. The number of aromatic nitrogens is 4. The number of carbonyl (C=O) groups is 4. The molecule has 0 bridgehead atoms. The van der Waals surface area contributed by atoms with Gasteiger partial charge in [-0.25, -0.2) is 27.7 Å². The maximum atomic E-state index is 13.2. The van der Waals surface area contributed by atoms with Gasteiger partial charge >= 0.3 is 30.2 Å². The van der Waals surface area contributed by atoms with E-state index in [2.05, 4.69) is 54.7 Å². The van der Waals surface area contributed by atoms with Crippen LogP contribution in [0.15, 0.2) is 55.2 Å². The predicted molar refractivity (Wildman–Crippen MR) is 181 cm³/mol. The van der Waals surface area contributed by atoms with Crippen molar-refractivity contribution >= 4 is 66.2 Å². The van der Waals surface area contributed by atoms with Crippen molar-refractivity contribution in [2.45, 2.75) is 49.8 Å². The van der Waals surface area contributed by atoms with Crippen LogP contribution in [0.25, 0.3) is 0 Å². The second-order valence-corrected chi connectivity index (χ2v) is 13.2. The number of ether oxygens (including phenoxy) is 2. The van der Waals surface area contributed by atoms with Gasteiger partial charge in [0.25, 0.3) is 26.6 Å².